The molecule has 1 aliphatic heterocycles. The van der Waals surface area contributed by atoms with Gasteiger partial charge < -0.3 is 16.0 Å². The highest BCUT2D eigenvalue weighted by atomic mass is 16.2. The molecular weight excluding hydrogens is 190 g/mol. The van der Waals surface area contributed by atoms with Crippen molar-refractivity contribution in [3.8, 4) is 0 Å². The van der Waals surface area contributed by atoms with E-state index < -0.39 is 0 Å². The number of nitrogens with two attached hydrogens (primary N) is 1. The number of nitrogens with one attached hydrogen (secondary N) is 1. The van der Waals surface area contributed by atoms with Crippen LogP contribution in [0, 0.1) is 0 Å². The number of nitrogens with zero attached hydrogens (tertiary/aromatic N) is 1. The van der Waals surface area contributed by atoms with Crippen molar-refractivity contribution in [3.63, 3.8) is 0 Å². The molecule has 0 aromatic rings. The van der Waals surface area contributed by atoms with Gasteiger partial charge in [0.1, 0.15) is 0 Å². The second-order valence-electron chi connectivity index (χ2n) is 4.78. The molecule has 4 heteroatoms. The Balaban J connectivity index is 1.78. The molecule has 1 atom stereocenters. The van der Waals surface area contributed by atoms with E-state index in [1.54, 1.807) is 0 Å². The van der Waals surface area contributed by atoms with Crippen molar-refractivity contribution in [3.05, 3.63) is 0 Å². The lowest BCUT2D eigenvalue weighted by Gasteiger charge is -2.31. The van der Waals surface area contributed by atoms with Gasteiger partial charge in [-0.2, -0.15) is 0 Å². The maximum atomic E-state index is 11.9. The Hall–Kier alpha value is -0.770. The summed E-state index contributed by atoms with van der Waals surface area (Å²) < 4.78 is 0. The number of hydrogen-bond donors (Lipinski definition) is 2. The van der Waals surface area contributed by atoms with Crippen LogP contribution in [0.1, 0.15) is 38.5 Å². The lowest BCUT2D eigenvalue weighted by Crippen LogP contribution is -2.51. The summed E-state index contributed by atoms with van der Waals surface area (Å²) >= 11 is 0. The second-order valence-corrected chi connectivity index (χ2v) is 4.78. The first-order valence-electron chi connectivity index (χ1n) is 6.07. The van der Waals surface area contributed by atoms with Crippen LogP contribution in [0.5, 0.6) is 0 Å². The van der Waals surface area contributed by atoms with Crippen LogP contribution < -0.4 is 11.1 Å². The quantitative estimate of drug-likeness (QED) is 0.681. The van der Waals surface area contributed by atoms with Crippen molar-refractivity contribution in [2.75, 3.05) is 13.1 Å². The Kier molecular flexibility index (Phi) is 3.46. The summed E-state index contributed by atoms with van der Waals surface area (Å²) in [4.78, 5) is 13.7. The van der Waals surface area contributed by atoms with Crippen LogP contribution in [0.3, 0.4) is 0 Å². The summed E-state index contributed by atoms with van der Waals surface area (Å²) in [6.45, 7) is 1.59. The summed E-state index contributed by atoms with van der Waals surface area (Å²) in [5.41, 5.74) is 5.85. The highest BCUT2D eigenvalue weighted by Crippen LogP contribution is 2.18. The van der Waals surface area contributed by atoms with Gasteiger partial charge >= 0.3 is 6.03 Å². The van der Waals surface area contributed by atoms with Gasteiger partial charge in [0.15, 0.2) is 0 Å². The van der Waals surface area contributed by atoms with E-state index in [-0.39, 0.29) is 12.1 Å². The zero-order chi connectivity index (χ0) is 10.7. The molecule has 1 unspecified atom stereocenters. The van der Waals surface area contributed by atoms with Crippen molar-refractivity contribution >= 4 is 6.03 Å². The van der Waals surface area contributed by atoms with Gasteiger partial charge in [0.25, 0.3) is 0 Å². The van der Waals surface area contributed by atoms with Gasteiger partial charge in [0, 0.05) is 25.2 Å². The van der Waals surface area contributed by atoms with Crippen LogP contribution in [0.15, 0.2) is 0 Å². The van der Waals surface area contributed by atoms with Crippen molar-refractivity contribution < 1.29 is 4.79 Å². The predicted molar refractivity (Wildman–Crippen MR) is 59.6 cm³/mol. The molecule has 15 heavy (non-hydrogen) atoms. The minimum atomic E-state index is 0.0945. The van der Waals surface area contributed by atoms with E-state index in [1.807, 2.05) is 4.90 Å². The third-order valence-corrected chi connectivity index (χ3v) is 3.43. The lowest BCUT2D eigenvalue weighted by atomic mass is 10.1. The first-order valence-corrected chi connectivity index (χ1v) is 6.07. The van der Waals surface area contributed by atoms with Gasteiger partial charge in [-0.25, -0.2) is 4.79 Å². The van der Waals surface area contributed by atoms with Crippen molar-refractivity contribution in [2.45, 2.75) is 50.6 Å². The molecule has 1 saturated heterocycles. The fourth-order valence-corrected chi connectivity index (χ4v) is 2.53. The Morgan fingerprint density at radius 1 is 1.20 bits per heavy atom. The second kappa shape index (κ2) is 4.84. The number of piperidine rings is 1. The summed E-state index contributed by atoms with van der Waals surface area (Å²) in [6, 6.07) is 0.681. The van der Waals surface area contributed by atoms with Crippen molar-refractivity contribution in [1.82, 2.24) is 10.2 Å². The minimum Gasteiger partial charge on any atom is -0.335 e. The van der Waals surface area contributed by atoms with Crippen molar-refractivity contribution in [2.24, 2.45) is 5.73 Å². The number of likely N-dealkylation sites (tertiary alicyclic amines) is 1. The van der Waals surface area contributed by atoms with Gasteiger partial charge in [-0.15, -0.1) is 0 Å². The third-order valence-electron chi connectivity index (χ3n) is 3.43. The summed E-state index contributed by atoms with van der Waals surface area (Å²) in [6.07, 6.45) is 6.89. The average Bonchev–Trinajstić information content (AvgIpc) is 2.70. The maximum absolute atomic E-state index is 11.9. The largest absolute Gasteiger partial charge is 0.335 e. The minimum absolute atomic E-state index is 0.0945. The highest BCUT2D eigenvalue weighted by molar-refractivity contribution is 5.74. The Morgan fingerprint density at radius 3 is 2.60 bits per heavy atom. The number of amides is 2. The molecule has 1 saturated carbocycles. The average molecular weight is 211 g/mol. The van der Waals surface area contributed by atoms with E-state index in [4.69, 9.17) is 5.73 Å². The van der Waals surface area contributed by atoms with Gasteiger partial charge in [0.2, 0.25) is 0 Å². The van der Waals surface area contributed by atoms with Crippen LogP contribution >= 0.6 is 0 Å². The summed E-state index contributed by atoms with van der Waals surface area (Å²) in [7, 11) is 0. The molecule has 86 valence electrons. The van der Waals surface area contributed by atoms with Crippen LogP contribution in [0.2, 0.25) is 0 Å². The van der Waals surface area contributed by atoms with Crippen LogP contribution in [-0.4, -0.2) is 36.1 Å². The SMILES string of the molecule is NC1CCCN(C(=O)NC2CCCC2)C1. The molecule has 0 aromatic heterocycles. The Bertz CT molecular complexity index is 226. The van der Waals surface area contributed by atoms with E-state index in [2.05, 4.69) is 5.32 Å². The topological polar surface area (TPSA) is 58.4 Å². The van der Waals surface area contributed by atoms with Crippen molar-refractivity contribution in [1.29, 1.82) is 0 Å². The van der Waals surface area contributed by atoms with Crippen LogP contribution in [-0.2, 0) is 0 Å². The molecule has 2 amide bonds. The Morgan fingerprint density at radius 2 is 1.93 bits per heavy atom. The standard InChI is InChI=1S/C11H21N3O/c12-9-4-3-7-14(8-9)11(15)13-10-5-1-2-6-10/h9-10H,1-8,12H2,(H,13,15). The van der Waals surface area contributed by atoms with E-state index in [9.17, 15) is 4.79 Å². The van der Waals surface area contributed by atoms with E-state index in [0.29, 0.717) is 6.04 Å². The monoisotopic (exact) mass is 211 g/mol. The molecule has 3 N–H and O–H groups in total. The predicted octanol–water partition coefficient (Wildman–Crippen LogP) is 1.06. The molecule has 2 rings (SSSR count). The third kappa shape index (κ3) is 2.84. The fourth-order valence-electron chi connectivity index (χ4n) is 2.53. The number of rotatable bonds is 1. The van der Waals surface area contributed by atoms with Gasteiger partial charge in [-0.1, -0.05) is 12.8 Å². The number of urea groups is 1. The first kappa shape index (κ1) is 10.7. The van der Waals surface area contributed by atoms with Gasteiger partial charge in [0.05, 0.1) is 0 Å². The summed E-state index contributed by atoms with van der Waals surface area (Å²) in [5, 5.41) is 3.10. The zero-order valence-corrected chi connectivity index (χ0v) is 9.24. The zero-order valence-electron chi connectivity index (χ0n) is 9.24. The molecule has 4 nitrogen and oxygen atoms in total. The van der Waals surface area contributed by atoms with E-state index in [1.165, 1.54) is 12.8 Å². The molecular formula is C11H21N3O. The molecule has 0 aromatic carbocycles. The number of hydrogen-bond acceptors (Lipinski definition) is 2. The van der Waals surface area contributed by atoms with Crippen LogP contribution in [0.4, 0.5) is 4.79 Å². The molecule has 2 fully saturated rings. The first-order chi connectivity index (χ1) is 7.25. The lowest BCUT2D eigenvalue weighted by molar-refractivity contribution is 0.176. The molecule has 1 aliphatic carbocycles. The normalized spacial score (nSPS) is 28.1. The summed E-state index contributed by atoms with van der Waals surface area (Å²) in [5.74, 6) is 0. The smallest absolute Gasteiger partial charge is 0.317 e. The Labute approximate surface area is 91.2 Å². The fraction of sp³-hybridized carbons (Fsp3) is 0.909. The number of carbonyl (C=O) groups is 1. The highest BCUT2D eigenvalue weighted by Gasteiger charge is 2.24. The van der Waals surface area contributed by atoms with Crippen LogP contribution in [0.25, 0.3) is 0 Å². The van der Waals surface area contributed by atoms with E-state index >= 15 is 0 Å². The van der Waals surface area contributed by atoms with Gasteiger partial charge in [-0.05, 0) is 25.7 Å². The van der Waals surface area contributed by atoms with Gasteiger partial charge in [-0.3, -0.25) is 0 Å². The molecule has 2 aliphatic rings. The van der Waals surface area contributed by atoms with E-state index in [0.717, 1.165) is 38.8 Å². The number of carbonyl (C=O) groups excluding carboxylic acids is 1. The maximum Gasteiger partial charge on any atom is 0.317 e. The molecule has 0 spiro atoms. The molecule has 0 radical (unpaired) electrons. The molecule has 0 bridgehead atoms. The molecule has 1 heterocycles.